The number of rotatable bonds is 7. The molecule has 3 aromatic rings. The van der Waals surface area contributed by atoms with Crippen LogP contribution in [0.5, 0.6) is 0 Å². The third kappa shape index (κ3) is 4.47. The van der Waals surface area contributed by atoms with Crippen LogP contribution in [0.2, 0.25) is 0 Å². The van der Waals surface area contributed by atoms with E-state index in [2.05, 4.69) is 36.5 Å². The van der Waals surface area contributed by atoms with Gasteiger partial charge in [0.15, 0.2) is 12.2 Å². The van der Waals surface area contributed by atoms with E-state index in [1.54, 1.807) is 4.90 Å². The number of amides is 2. The molecule has 0 spiro atoms. The maximum Gasteiger partial charge on any atom is 0.255 e. The molecule has 6 heteroatoms. The Balaban J connectivity index is 1.26. The highest BCUT2D eigenvalue weighted by Gasteiger charge is 2.48. The van der Waals surface area contributed by atoms with E-state index >= 15 is 0 Å². The smallest absolute Gasteiger partial charge is 0.255 e. The lowest BCUT2D eigenvalue weighted by Crippen LogP contribution is -2.52. The van der Waals surface area contributed by atoms with Crippen LogP contribution in [0.1, 0.15) is 35.1 Å². The normalized spacial score (nSPS) is 17.4. The second-order valence-corrected chi connectivity index (χ2v) is 9.53. The Hall–Kier alpha value is -3.48. The summed E-state index contributed by atoms with van der Waals surface area (Å²) in [6.07, 6.45) is -1.27. The van der Waals surface area contributed by atoms with Crippen molar-refractivity contribution in [3.8, 4) is 11.1 Å². The average Bonchev–Trinajstić information content (AvgIpc) is 3.52. The Labute approximate surface area is 205 Å². The van der Waals surface area contributed by atoms with Crippen molar-refractivity contribution in [1.29, 1.82) is 0 Å². The van der Waals surface area contributed by atoms with Crippen molar-refractivity contribution in [2.75, 3.05) is 7.11 Å². The molecule has 1 saturated carbocycles. The van der Waals surface area contributed by atoms with E-state index in [0.717, 1.165) is 35.1 Å². The SMILES string of the molecule is CO[C@@H](C(=O)NC1(c2ccc(-c3ccccc3C)cc2)CC1)[C@@H](O)C(=O)N1Cc2ccccc2C1. The quantitative estimate of drug-likeness (QED) is 0.552. The number of hydrogen-bond acceptors (Lipinski definition) is 4. The van der Waals surface area contributed by atoms with Crippen LogP contribution in [0.25, 0.3) is 11.1 Å². The largest absolute Gasteiger partial charge is 0.380 e. The number of nitrogens with zero attached hydrogens (tertiary/aromatic N) is 1. The number of benzene rings is 3. The summed E-state index contributed by atoms with van der Waals surface area (Å²) >= 11 is 0. The number of methoxy groups -OCH3 is 1. The van der Waals surface area contributed by atoms with Crippen LogP contribution in [-0.4, -0.2) is 41.1 Å². The van der Waals surface area contributed by atoms with Crippen LogP contribution in [0.4, 0.5) is 0 Å². The maximum absolute atomic E-state index is 13.1. The summed E-state index contributed by atoms with van der Waals surface area (Å²) in [4.78, 5) is 27.7. The van der Waals surface area contributed by atoms with Crippen LogP contribution < -0.4 is 5.32 Å². The molecule has 3 aromatic carbocycles. The Morgan fingerprint density at radius 2 is 1.54 bits per heavy atom. The average molecular weight is 471 g/mol. The molecule has 1 aliphatic carbocycles. The predicted octanol–water partition coefficient (Wildman–Crippen LogP) is 3.69. The van der Waals surface area contributed by atoms with Crippen molar-refractivity contribution < 1.29 is 19.4 Å². The fourth-order valence-electron chi connectivity index (χ4n) is 4.97. The van der Waals surface area contributed by atoms with Gasteiger partial charge in [0.2, 0.25) is 0 Å². The Kier molecular flexibility index (Phi) is 6.17. The molecule has 0 saturated heterocycles. The molecule has 2 atom stereocenters. The summed E-state index contributed by atoms with van der Waals surface area (Å²) in [5.74, 6) is -0.985. The van der Waals surface area contributed by atoms with Crippen molar-refractivity contribution >= 4 is 11.8 Å². The lowest BCUT2D eigenvalue weighted by molar-refractivity contribution is -0.156. The van der Waals surface area contributed by atoms with Gasteiger partial charge in [-0.3, -0.25) is 9.59 Å². The van der Waals surface area contributed by atoms with E-state index < -0.39 is 29.6 Å². The number of nitrogens with one attached hydrogen (secondary N) is 1. The van der Waals surface area contributed by atoms with Gasteiger partial charge in [0, 0.05) is 20.2 Å². The highest BCUT2D eigenvalue weighted by Crippen LogP contribution is 2.46. The molecule has 180 valence electrons. The van der Waals surface area contributed by atoms with Gasteiger partial charge in [0.1, 0.15) is 0 Å². The van der Waals surface area contributed by atoms with Crippen molar-refractivity contribution in [3.05, 3.63) is 95.1 Å². The molecule has 0 unspecified atom stereocenters. The number of carbonyl (C=O) groups excluding carboxylic acids is 2. The van der Waals surface area contributed by atoms with Crippen LogP contribution in [0.3, 0.4) is 0 Å². The molecular weight excluding hydrogens is 440 g/mol. The van der Waals surface area contributed by atoms with Gasteiger partial charge in [-0.1, -0.05) is 72.8 Å². The lowest BCUT2D eigenvalue weighted by Gasteiger charge is -2.27. The van der Waals surface area contributed by atoms with Crippen LogP contribution in [-0.2, 0) is 33.0 Å². The molecule has 0 radical (unpaired) electrons. The molecule has 2 N–H and O–H groups in total. The van der Waals surface area contributed by atoms with E-state index in [0.29, 0.717) is 13.1 Å². The van der Waals surface area contributed by atoms with Gasteiger partial charge in [-0.25, -0.2) is 0 Å². The summed E-state index contributed by atoms with van der Waals surface area (Å²) < 4.78 is 5.32. The third-order valence-corrected chi connectivity index (χ3v) is 7.21. The van der Waals surface area contributed by atoms with Gasteiger partial charge >= 0.3 is 0 Å². The summed E-state index contributed by atoms with van der Waals surface area (Å²) in [6, 6.07) is 24.3. The van der Waals surface area contributed by atoms with E-state index in [1.165, 1.54) is 18.2 Å². The maximum atomic E-state index is 13.1. The standard InChI is InChI=1S/C29H30N2O4/c1-19-7-3-6-10-24(19)20-11-13-23(14-12-20)29(15-16-29)30-27(33)26(35-2)25(32)28(34)31-17-21-8-4-5-9-22(21)18-31/h3-14,25-26,32H,15-18H2,1-2H3,(H,30,33)/t25-,26-/m1/s1. The second kappa shape index (κ2) is 9.29. The van der Waals surface area contributed by atoms with E-state index in [4.69, 9.17) is 4.74 Å². The van der Waals surface area contributed by atoms with Crippen molar-refractivity contribution in [2.24, 2.45) is 0 Å². The minimum absolute atomic E-state index is 0.418. The van der Waals surface area contributed by atoms with Crippen LogP contribution in [0.15, 0.2) is 72.8 Å². The highest BCUT2D eigenvalue weighted by molar-refractivity contribution is 5.91. The topological polar surface area (TPSA) is 78.9 Å². The van der Waals surface area contributed by atoms with Crippen molar-refractivity contribution in [3.63, 3.8) is 0 Å². The fourth-order valence-corrected chi connectivity index (χ4v) is 4.97. The summed E-state index contributed by atoms with van der Waals surface area (Å²) in [5.41, 5.74) is 6.13. The first-order valence-electron chi connectivity index (χ1n) is 12.0. The summed E-state index contributed by atoms with van der Waals surface area (Å²) in [7, 11) is 1.34. The number of aliphatic hydroxyl groups is 1. The molecule has 1 heterocycles. The Bertz CT molecular complexity index is 1220. The highest BCUT2D eigenvalue weighted by atomic mass is 16.5. The number of fused-ring (bicyclic) bond motifs is 1. The monoisotopic (exact) mass is 470 g/mol. The first kappa shape index (κ1) is 23.3. The molecule has 1 aliphatic heterocycles. The van der Waals surface area contributed by atoms with E-state index in [1.807, 2.05) is 48.5 Å². The molecule has 6 nitrogen and oxygen atoms in total. The molecule has 2 amide bonds. The minimum Gasteiger partial charge on any atom is -0.380 e. The zero-order valence-corrected chi connectivity index (χ0v) is 20.0. The molecule has 2 aliphatic rings. The van der Waals surface area contributed by atoms with Gasteiger partial charge in [-0.2, -0.15) is 0 Å². The molecule has 35 heavy (non-hydrogen) atoms. The number of carbonyl (C=O) groups is 2. The molecule has 5 rings (SSSR count). The third-order valence-electron chi connectivity index (χ3n) is 7.21. The zero-order valence-electron chi connectivity index (χ0n) is 20.0. The fraction of sp³-hybridized carbons (Fsp3) is 0.310. The number of ether oxygens (including phenoxy) is 1. The zero-order chi connectivity index (χ0) is 24.6. The van der Waals surface area contributed by atoms with Crippen LogP contribution >= 0.6 is 0 Å². The van der Waals surface area contributed by atoms with Gasteiger partial charge < -0.3 is 20.1 Å². The first-order chi connectivity index (χ1) is 16.9. The number of hydrogen-bond donors (Lipinski definition) is 2. The van der Waals surface area contributed by atoms with E-state index in [-0.39, 0.29) is 0 Å². The lowest BCUT2D eigenvalue weighted by atomic mass is 9.96. The van der Waals surface area contributed by atoms with Gasteiger partial charge in [0.05, 0.1) is 5.54 Å². The van der Waals surface area contributed by atoms with Crippen molar-refractivity contribution in [1.82, 2.24) is 10.2 Å². The van der Waals surface area contributed by atoms with Crippen LogP contribution in [0, 0.1) is 6.92 Å². The molecular formula is C29H30N2O4. The first-order valence-corrected chi connectivity index (χ1v) is 12.0. The van der Waals surface area contributed by atoms with Gasteiger partial charge in [-0.15, -0.1) is 0 Å². The number of aliphatic hydroxyl groups excluding tert-OH is 1. The number of aryl methyl sites for hydroxylation is 1. The summed E-state index contributed by atoms with van der Waals surface area (Å²) in [5, 5.41) is 13.8. The molecule has 0 bridgehead atoms. The van der Waals surface area contributed by atoms with Gasteiger partial charge in [0.25, 0.3) is 11.8 Å². The molecule has 1 fully saturated rings. The minimum atomic E-state index is -1.58. The second-order valence-electron chi connectivity index (χ2n) is 9.53. The Morgan fingerprint density at radius 1 is 0.943 bits per heavy atom. The van der Waals surface area contributed by atoms with Gasteiger partial charge in [-0.05, 0) is 53.1 Å². The Morgan fingerprint density at radius 3 is 2.11 bits per heavy atom. The van der Waals surface area contributed by atoms with Crippen molar-refractivity contribution in [2.45, 2.75) is 50.6 Å². The molecule has 0 aromatic heterocycles. The van der Waals surface area contributed by atoms with E-state index in [9.17, 15) is 14.7 Å². The summed E-state index contributed by atoms with van der Waals surface area (Å²) in [6.45, 7) is 2.92. The predicted molar refractivity (Wildman–Crippen MR) is 133 cm³/mol.